The van der Waals surface area contributed by atoms with E-state index < -0.39 is 17.0 Å². The molecule has 0 N–H and O–H groups in total. The van der Waals surface area contributed by atoms with Crippen molar-refractivity contribution in [1.82, 2.24) is 18.7 Å². The predicted octanol–water partition coefficient (Wildman–Crippen LogP) is 5.01. The molecular formula is C31H25N5O5S2. The Labute approximate surface area is 255 Å². The molecular weight excluding hydrogens is 587 g/mol. The van der Waals surface area contributed by atoms with E-state index in [1.807, 2.05) is 31.2 Å². The van der Waals surface area contributed by atoms with E-state index in [1.165, 1.54) is 27.2 Å². The largest absolute Gasteiger partial charge is 0.493 e. The molecule has 10 nitrogen and oxygen atoms in total. The van der Waals surface area contributed by atoms with E-state index in [1.54, 1.807) is 67.3 Å². The van der Waals surface area contributed by atoms with Crippen molar-refractivity contribution >= 4 is 51.6 Å². The number of aromatic nitrogens is 4. The van der Waals surface area contributed by atoms with Crippen LogP contribution in [0.15, 0.2) is 87.4 Å². The van der Waals surface area contributed by atoms with Gasteiger partial charge < -0.3 is 9.47 Å². The van der Waals surface area contributed by atoms with Crippen LogP contribution in [0.2, 0.25) is 0 Å². The lowest BCUT2D eigenvalue weighted by Crippen LogP contribution is -2.33. The molecule has 43 heavy (non-hydrogen) atoms. The fraction of sp³-hybridized carbons (Fsp3) is 0.129. The molecule has 0 spiro atoms. The number of thiocarbonyl (C=S) groups is 1. The van der Waals surface area contributed by atoms with Crippen molar-refractivity contribution in [3.05, 3.63) is 115 Å². The van der Waals surface area contributed by atoms with Gasteiger partial charge in [0.25, 0.3) is 17.0 Å². The number of ether oxygens (including phenoxy) is 2. The minimum Gasteiger partial charge on any atom is -0.493 e. The Balaban J connectivity index is 1.49. The topological polar surface area (TPSA) is 100 Å². The number of aryl methyl sites for hydroxylation is 1. The first-order valence-corrected chi connectivity index (χ1v) is 14.4. The number of nitrogens with zero attached hydrogens (tertiary/aromatic N) is 5. The van der Waals surface area contributed by atoms with Crippen molar-refractivity contribution < 1.29 is 14.3 Å². The van der Waals surface area contributed by atoms with Crippen molar-refractivity contribution in [3.8, 4) is 23.1 Å². The lowest BCUT2D eigenvalue weighted by molar-refractivity contribution is -0.113. The van der Waals surface area contributed by atoms with Gasteiger partial charge in [-0.05, 0) is 55.8 Å². The van der Waals surface area contributed by atoms with Crippen LogP contribution in [0.3, 0.4) is 0 Å². The molecule has 1 saturated heterocycles. The molecule has 12 heteroatoms. The summed E-state index contributed by atoms with van der Waals surface area (Å²) in [6.45, 7) is 3.59. The van der Waals surface area contributed by atoms with Gasteiger partial charge in [-0.25, -0.2) is 4.68 Å². The van der Waals surface area contributed by atoms with E-state index in [9.17, 15) is 14.4 Å². The molecule has 5 aromatic rings. The van der Waals surface area contributed by atoms with Gasteiger partial charge in [0.2, 0.25) is 5.88 Å². The molecule has 0 bridgehead atoms. The molecule has 216 valence electrons. The standard InChI is InChI=1S/C31H25N5O5S2/c1-18-11-10-16-34-26(18)32-27(41-23-15-9-8-14-22(23)40-4)21(28(34)37)17-24-29(38)35(31(42)43-24)25-19(2)33(3)36(30(25)39)20-12-6-5-7-13-20/h5-17H,1-4H3/b24-17+. The second-order valence-corrected chi connectivity index (χ2v) is 11.4. The molecule has 1 fully saturated rings. The van der Waals surface area contributed by atoms with Gasteiger partial charge in [-0.15, -0.1) is 0 Å². The van der Waals surface area contributed by atoms with Gasteiger partial charge in [-0.1, -0.05) is 60.4 Å². The van der Waals surface area contributed by atoms with Gasteiger partial charge in [0.15, 0.2) is 15.8 Å². The van der Waals surface area contributed by atoms with E-state index in [2.05, 4.69) is 4.98 Å². The van der Waals surface area contributed by atoms with Crippen molar-refractivity contribution in [2.75, 3.05) is 12.0 Å². The highest BCUT2D eigenvalue weighted by atomic mass is 32.2. The number of pyridine rings is 1. The maximum Gasteiger partial charge on any atom is 0.296 e. The van der Waals surface area contributed by atoms with Crippen LogP contribution in [0.1, 0.15) is 16.8 Å². The zero-order chi connectivity index (χ0) is 30.4. The van der Waals surface area contributed by atoms with Gasteiger partial charge in [-0.2, -0.15) is 4.98 Å². The summed E-state index contributed by atoms with van der Waals surface area (Å²) in [7, 11) is 3.25. The maximum atomic E-state index is 13.9. The summed E-state index contributed by atoms with van der Waals surface area (Å²) >= 11 is 6.60. The lowest BCUT2D eigenvalue weighted by Gasteiger charge is -2.13. The monoisotopic (exact) mass is 611 g/mol. The zero-order valence-corrected chi connectivity index (χ0v) is 25.2. The normalized spacial score (nSPS) is 14.2. The molecule has 0 saturated carbocycles. The molecule has 2 aromatic carbocycles. The summed E-state index contributed by atoms with van der Waals surface area (Å²) < 4.78 is 16.3. The van der Waals surface area contributed by atoms with Crippen molar-refractivity contribution in [2.45, 2.75) is 13.8 Å². The van der Waals surface area contributed by atoms with E-state index >= 15 is 0 Å². The van der Waals surface area contributed by atoms with Crippen molar-refractivity contribution in [2.24, 2.45) is 7.05 Å². The Morgan fingerprint density at radius 3 is 2.33 bits per heavy atom. The molecule has 4 heterocycles. The number of rotatable bonds is 6. The minimum atomic E-state index is -0.530. The van der Waals surface area contributed by atoms with Crippen LogP contribution < -0.4 is 25.5 Å². The first kappa shape index (κ1) is 28.2. The first-order valence-electron chi connectivity index (χ1n) is 13.2. The average Bonchev–Trinajstić information content (AvgIpc) is 3.40. The first-order chi connectivity index (χ1) is 20.7. The molecule has 0 atom stereocenters. The number of amides is 1. The van der Waals surface area contributed by atoms with Gasteiger partial charge in [0, 0.05) is 13.2 Å². The Bertz CT molecular complexity index is 2100. The van der Waals surface area contributed by atoms with E-state index in [0.29, 0.717) is 28.5 Å². The molecule has 0 unspecified atom stereocenters. The van der Waals surface area contributed by atoms with Crippen LogP contribution in [-0.2, 0) is 11.8 Å². The summed E-state index contributed by atoms with van der Waals surface area (Å²) in [4.78, 5) is 47.4. The zero-order valence-electron chi connectivity index (χ0n) is 23.6. The number of methoxy groups -OCH3 is 1. The van der Waals surface area contributed by atoms with Gasteiger partial charge in [0.1, 0.15) is 16.9 Å². The summed E-state index contributed by atoms with van der Waals surface area (Å²) in [5.41, 5.74) is 1.72. The Morgan fingerprint density at radius 1 is 0.907 bits per heavy atom. The maximum absolute atomic E-state index is 13.9. The molecule has 1 amide bonds. The SMILES string of the molecule is COc1ccccc1Oc1nc2c(C)cccn2c(=O)c1/C=C1/SC(=S)N(c2c(C)n(C)n(-c3ccccc3)c2=O)C1=O. The molecule has 1 aliphatic rings. The number of carbonyl (C=O) groups is 1. The highest BCUT2D eigenvalue weighted by Gasteiger charge is 2.38. The fourth-order valence-electron chi connectivity index (χ4n) is 4.90. The highest BCUT2D eigenvalue weighted by Crippen LogP contribution is 2.38. The van der Waals surface area contributed by atoms with Crippen LogP contribution in [0, 0.1) is 13.8 Å². The van der Waals surface area contributed by atoms with Crippen LogP contribution in [-0.4, -0.2) is 36.1 Å². The van der Waals surface area contributed by atoms with E-state index in [0.717, 1.165) is 17.3 Å². The Hall–Kier alpha value is -4.94. The average molecular weight is 612 g/mol. The number of anilines is 1. The number of carbonyl (C=O) groups excluding carboxylic acids is 1. The van der Waals surface area contributed by atoms with E-state index in [4.69, 9.17) is 21.7 Å². The van der Waals surface area contributed by atoms with Crippen molar-refractivity contribution in [1.29, 1.82) is 0 Å². The number of fused-ring (bicyclic) bond motifs is 1. The van der Waals surface area contributed by atoms with Crippen LogP contribution in [0.25, 0.3) is 17.4 Å². The number of thioether (sulfide) groups is 1. The number of benzene rings is 2. The molecule has 0 radical (unpaired) electrons. The highest BCUT2D eigenvalue weighted by molar-refractivity contribution is 8.27. The molecule has 0 aliphatic carbocycles. The van der Waals surface area contributed by atoms with Crippen LogP contribution in [0.4, 0.5) is 5.69 Å². The molecule has 6 rings (SSSR count). The Kier molecular flexibility index (Phi) is 7.24. The van der Waals surface area contributed by atoms with Crippen molar-refractivity contribution in [3.63, 3.8) is 0 Å². The third-order valence-corrected chi connectivity index (χ3v) is 8.44. The lowest BCUT2D eigenvalue weighted by atomic mass is 10.2. The van der Waals surface area contributed by atoms with Gasteiger partial charge >= 0.3 is 0 Å². The third kappa shape index (κ3) is 4.74. The summed E-state index contributed by atoms with van der Waals surface area (Å²) in [5, 5.41) is 0. The second kappa shape index (κ2) is 11.0. The number of para-hydroxylation sites is 3. The number of hydrogen-bond acceptors (Lipinski definition) is 8. The summed E-state index contributed by atoms with van der Waals surface area (Å²) in [6.07, 6.45) is 3.02. The van der Waals surface area contributed by atoms with E-state index in [-0.39, 0.29) is 26.4 Å². The third-order valence-electron chi connectivity index (χ3n) is 7.14. The predicted molar refractivity (Wildman–Crippen MR) is 171 cm³/mol. The van der Waals surface area contributed by atoms with Gasteiger partial charge in [-0.3, -0.25) is 28.4 Å². The smallest absolute Gasteiger partial charge is 0.296 e. The quantitative estimate of drug-likeness (QED) is 0.195. The summed E-state index contributed by atoms with van der Waals surface area (Å²) in [6, 6.07) is 19.7. The van der Waals surface area contributed by atoms with Gasteiger partial charge in [0.05, 0.1) is 23.4 Å². The van der Waals surface area contributed by atoms with Crippen LogP contribution in [0.5, 0.6) is 17.4 Å². The minimum absolute atomic E-state index is 0.00334. The molecule has 1 aliphatic heterocycles. The molecule has 3 aromatic heterocycles. The summed E-state index contributed by atoms with van der Waals surface area (Å²) in [5.74, 6) is 0.258. The number of hydrogen-bond donors (Lipinski definition) is 0. The Morgan fingerprint density at radius 2 is 1.60 bits per heavy atom. The van der Waals surface area contributed by atoms with Crippen LogP contribution >= 0.6 is 24.0 Å². The second-order valence-electron chi connectivity index (χ2n) is 9.70. The fourth-order valence-corrected chi connectivity index (χ4v) is 6.16.